The van der Waals surface area contributed by atoms with E-state index in [1.165, 1.54) is 11.3 Å². The lowest BCUT2D eigenvalue weighted by Crippen LogP contribution is -2.36. The van der Waals surface area contributed by atoms with Gasteiger partial charge in [0, 0.05) is 34.2 Å². The molecule has 4 nitrogen and oxygen atoms in total. The van der Waals surface area contributed by atoms with E-state index in [9.17, 15) is 4.79 Å². The fraction of sp³-hybridized carbons (Fsp3) is 0.0667. The third-order valence-electron chi connectivity index (χ3n) is 6.36. The molecule has 0 fully saturated rings. The Morgan fingerprint density at radius 2 is 1.75 bits per heavy atom. The number of thiazole rings is 1. The maximum Gasteiger partial charge on any atom is 0.271 e. The average molecular weight is 508 g/mol. The summed E-state index contributed by atoms with van der Waals surface area (Å²) in [5.41, 5.74) is 4.91. The standard InChI is InChI=1S/C30H22ClN3OS/c1-2-16-33-19-22(24-10-6-7-11-26(24)33)17-28-29(35)34-27(21-12-14-23(31)15-13-21)18-25(32-30(34)36-28)20-8-4-3-5-9-20/h2-15,17-19,27H,1,16H2. The Morgan fingerprint density at radius 1 is 1.00 bits per heavy atom. The molecule has 1 unspecified atom stereocenters. The fourth-order valence-corrected chi connectivity index (χ4v) is 5.80. The first kappa shape index (κ1) is 22.5. The van der Waals surface area contributed by atoms with E-state index in [1.807, 2.05) is 78.9 Å². The zero-order valence-corrected chi connectivity index (χ0v) is 20.9. The molecule has 5 aromatic rings. The highest BCUT2D eigenvalue weighted by Gasteiger charge is 2.22. The van der Waals surface area contributed by atoms with Gasteiger partial charge in [0.05, 0.1) is 16.3 Å². The van der Waals surface area contributed by atoms with Gasteiger partial charge < -0.3 is 4.57 Å². The van der Waals surface area contributed by atoms with E-state index in [4.69, 9.17) is 16.6 Å². The van der Waals surface area contributed by atoms with Crippen molar-refractivity contribution >= 4 is 45.6 Å². The number of nitrogens with zero attached hydrogens (tertiary/aromatic N) is 3. The summed E-state index contributed by atoms with van der Waals surface area (Å²) in [6.45, 7) is 4.58. The minimum absolute atomic E-state index is 0.0531. The van der Waals surface area contributed by atoms with Crippen molar-refractivity contribution in [1.29, 1.82) is 0 Å². The number of hydrogen-bond donors (Lipinski definition) is 0. The van der Waals surface area contributed by atoms with Gasteiger partial charge in [-0.05, 0) is 41.5 Å². The summed E-state index contributed by atoms with van der Waals surface area (Å²) in [5, 5.41) is 1.76. The molecule has 1 aliphatic rings. The van der Waals surface area contributed by atoms with Crippen molar-refractivity contribution in [3.05, 3.63) is 145 Å². The summed E-state index contributed by atoms with van der Waals surface area (Å²) in [5.74, 6) is 0. The van der Waals surface area contributed by atoms with Gasteiger partial charge in [-0.1, -0.05) is 89.7 Å². The second-order valence-corrected chi connectivity index (χ2v) is 10.1. The largest absolute Gasteiger partial charge is 0.343 e. The minimum atomic E-state index is -0.280. The number of rotatable bonds is 5. The SMILES string of the molecule is C=CCn1cc(C=c2sc3n(c2=O)C(c2ccc(Cl)cc2)C=C(c2ccccc2)N=3)c2ccccc21. The summed E-state index contributed by atoms with van der Waals surface area (Å²) < 4.78 is 4.58. The van der Waals surface area contributed by atoms with E-state index in [1.54, 1.807) is 4.57 Å². The summed E-state index contributed by atoms with van der Waals surface area (Å²) in [4.78, 5) is 19.4. The maximum absolute atomic E-state index is 13.8. The van der Waals surface area contributed by atoms with E-state index < -0.39 is 0 Å². The fourth-order valence-electron chi connectivity index (χ4n) is 4.67. The molecule has 2 aromatic heterocycles. The highest BCUT2D eigenvalue weighted by molar-refractivity contribution is 7.07. The molecule has 6 rings (SSSR count). The molecule has 0 N–H and O–H groups in total. The highest BCUT2D eigenvalue weighted by atomic mass is 35.5. The van der Waals surface area contributed by atoms with Crippen LogP contribution in [0.15, 0.2) is 114 Å². The Balaban J connectivity index is 1.57. The van der Waals surface area contributed by atoms with Crippen molar-refractivity contribution in [2.75, 3.05) is 0 Å². The molecule has 36 heavy (non-hydrogen) atoms. The van der Waals surface area contributed by atoms with Crippen molar-refractivity contribution in [2.45, 2.75) is 12.6 Å². The summed E-state index contributed by atoms with van der Waals surface area (Å²) >= 11 is 7.58. The number of allylic oxidation sites excluding steroid dienone is 2. The van der Waals surface area contributed by atoms with Crippen molar-refractivity contribution in [1.82, 2.24) is 9.13 Å². The third kappa shape index (κ3) is 3.96. The molecule has 6 heteroatoms. The molecule has 0 spiro atoms. The monoisotopic (exact) mass is 507 g/mol. The Labute approximate surface area is 217 Å². The highest BCUT2D eigenvalue weighted by Crippen LogP contribution is 2.28. The smallest absolute Gasteiger partial charge is 0.271 e. The first-order valence-electron chi connectivity index (χ1n) is 11.7. The van der Waals surface area contributed by atoms with Crippen LogP contribution in [0.25, 0.3) is 22.7 Å². The van der Waals surface area contributed by atoms with Crippen LogP contribution in [0.5, 0.6) is 0 Å². The van der Waals surface area contributed by atoms with E-state index in [2.05, 4.69) is 35.6 Å². The molecule has 176 valence electrons. The predicted molar refractivity (Wildman–Crippen MR) is 149 cm³/mol. The van der Waals surface area contributed by atoms with Gasteiger partial charge in [-0.2, -0.15) is 0 Å². The van der Waals surface area contributed by atoms with Gasteiger partial charge in [-0.3, -0.25) is 9.36 Å². The van der Waals surface area contributed by atoms with Crippen LogP contribution in [0, 0.1) is 0 Å². The Bertz CT molecular complexity index is 1810. The van der Waals surface area contributed by atoms with Gasteiger partial charge in [-0.15, -0.1) is 6.58 Å². The number of fused-ring (bicyclic) bond motifs is 2. The van der Waals surface area contributed by atoms with Crippen LogP contribution >= 0.6 is 22.9 Å². The third-order valence-corrected chi connectivity index (χ3v) is 7.59. The van der Waals surface area contributed by atoms with Gasteiger partial charge in [0.25, 0.3) is 5.56 Å². The molecule has 0 aliphatic carbocycles. The summed E-state index contributed by atoms with van der Waals surface area (Å²) in [7, 11) is 0. The van der Waals surface area contributed by atoms with Crippen LogP contribution in [-0.2, 0) is 6.54 Å². The van der Waals surface area contributed by atoms with Gasteiger partial charge >= 0.3 is 0 Å². The molecule has 0 saturated heterocycles. The molecular weight excluding hydrogens is 486 g/mol. The first-order valence-corrected chi connectivity index (χ1v) is 12.8. The molecule has 1 aliphatic heterocycles. The Hall–Kier alpha value is -3.93. The van der Waals surface area contributed by atoms with E-state index in [0.717, 1.165) is 33.3 Å². The van der Waals surface area contributed by atoms with E-state index in [-0.39, 0.29) is 11.6 Å². The van der Waals surface area contributed by atoms with Crippen LogP contribution in [-0.4, -0.2) is 9.13 Å². The van der Waals surface area contributed by atoms with Gasteiger partial charge in [0.15, 0.2) is 4.80 Å². The molecular formula is C30H22ClN3OS. The molecule has 0 saturated carbocycles. The van der Waals surface area contributed by atoms with Crippen LogP contribution in [0.2, 0.25) is 5.02 Å². The number of benzene rings is 3. The quantitative estimate of drug-likeness (QED) is 0.277. The second-order valence-electron chi connectivity index (χ2n) is 8.64. The number of para-hydroxylation sites is 1. The molecule has 0 bridgehead atoms. The predicted octanol–water partition coefficient (Wildman–Crippen LogP) is 5.80. The Morgan fingerprint density at radius 3 is 2.53 bits per heavy atom. The summed E-state index contributed by atoms with van der Waals surface area (Å²) in [6.07, 6.45) is 7.99. The minimum Gasteiger partial charge on any atom is -0.343 e. The zero-order chi connectivity index (χ0) is 24.6. The number of aromatic nitrogens is 2. The van der Waals surface area contributed by atoms with E-state index >= 15 is 0 Å². The van der Waals surface area contributed by atoms with Crippen molar-refractivity contribution in [2.24, 2.45) is 4.99 Å². The van der Waals surface area contributed by atoms with Crippen molar-refractivity contribution in [3.8, 4) is 0 Å². The lowest BCUT2D eigenvalue weighted by atomic mass is 10.0. The van der Waals surface area contributed by atoms with Gasteiger partial charge in [0.2, 0.25) is 0 Å². The van der Waals surface area contributed by atoms with Crippen molar-refractivity contribution < 1.29 is 0 Å². The topological polar surface area (TPSA) is 39.3 Å². The van der Waals surface area contributed by atoms with Crippen LogP contribution in [0.3, 0.4) is 0 Å². The first-order chi connectivity index (χ1) is 17.6. The average Bonchev–Trinajstić information content (AvgIpc) is 3.42. The molecule has 0 radical (unpaired) electrons. The van der Waals surface area contributed by atoms with Crippen LogP contribution in [0.1, 0.15) is 22.7 Å². The van der Waals surface area contributed by atoms with Gasteiger partial charge in [0.1, 0.15) is 0 Å². The maximum atomic E-state index is 13.8. The van der Waals surface area contributed by atoms with Crippen LogP contribution in [0.4, 0.5) is 0 Å². The van der Waals surface area contributed by atoms with E-state index in [0.29, 0.717) is 20.9 Å². The van der Waals surface area contributed by atoms with Crippen LogP contribution < -0.4 is 14.9 Å². The van der Waals surface area contributed by atoms with Crippen molar-refractivity contribution in [3.63, 3.8) is 0 Å². The molecule has 3 heterocycles. The summed E-state index contributed by atoms with van der Waals surface area (Å²) in [6, 6.07) is 25.7. The lowest BCUT2D eigenvalue weighted by molar-refractivity contribution is 0.644. The Kier molecular flexibility index (Phi) is 5.80. The second kappa shape index (κ2) is 9.26. The number of hydrogen-bond acceptors (Lipinski definition) is 3. The normalized spacial score (nSPS) is 15.4. The lowest BCUT2D eigenvalue weighted by Gasteiger charge is -2.19. The zero-order valence-electron chi connectivity index (χ0n) is 19.3. The molecule has 3 aromatic carbocycles. The van der Waals surface area contributed by atoms with Gasteiger partial charge in [-0.25, -0.2) is 4.99 Å². The number of halogens is 1. The molecule has 0 amide bonds. The molecule has 1 atom stereocenters.